The molecule has 1 rings (SSSR count). The molecular weight excluding hydrogens is 246 g/mol. The number of hydrogen-bond donors (Lipinski definition) is 2. The summed E-state index contributed by atoms with van der Waals surface area (Å²) in [6.07, 6.45) is 4.09. The van der Waals surface area contributed by atoms with Crippen molar-refractivity contribution in [3.8, 4) is 0 Å². The van der Waals surface area contributed by atoms with E-state index in [2.05, 4.69) is 24.1 Å². The molecule has 4 nitrogen and oxygen atoms in total. The number of carbonyl (C=O) groups is 1. The number of amides is 1. The predicted octanol–water partition coefficient (Wildman–Crippen LogP) is 1.29. The summed E-state index contributed by atoms with van der Waals surface area (Å²) in [5.41, 5.74) is 5.65. The lowest BCUT2D eigenvalue weighted by Crippen LogP contribution is -2.45. The van der Waals surface area contributed by atoms with Crippen molar-refractivity contribution in [3.63, 3.8) is 0 Å². The monoisotopic (exact) mass is 271 g/mol. The van der Waals surface area contributed by atoms with Gasteiger partial charge in [-0.05, 0) is 39.3 Å². The van der Waals surface area contributed by atoms with Gasteiger partial charge in [0, 0.05) is 12.0 Å². The van der Waals surface area contributed by atoms with Crippen LogP contribution in [0.3, 0.4) is 0 Å². The molecule has 0 aromatic rings. The Hall–Kier alpha value is -0.680. The normalized spacial score (nSPS) is 19.4. The molecule has 1 unspecified atom stereocenters. The number of carbonyl (C=O) groups excluding carboxylic acids is 1. The van der Waals surface area contributed by atoms with E-state index in [0.29, 0.717) is 17.5 Å². The highest BCUT2D eigenvalue weighted by Gasteiger charge is 2.22. The van der Waals surface area contributed by atoms with E-state index in [4.69, 9.17) is 18.0 Å². The van der Waals surface area contributed by atoms with Crippen LogP contribution in [0.25, 0.3) is 0 Å². The first-order chi connectivity index (χ1) is 8.52. The maximum absolute atomic E-state index is 11.8. The van der Waals surface area contributed by atoms with Crippen LogP contribution in [-0.4, -0.2) is 41.5 Å². The Kier molecular flexibility index (Phi) is 6.57. The largest absolute Gasteiger partial charge is 0.393 e. The fourth-order valence-corrected chi connectivity index (χ4v) is 2.64. The van der Waals surface area contributed by atoms with Crippen LogP contribution in [0, 0.1) is 5.92 Å². The van der Waals surface area contributed by atoms with Crippen molar-refractivity contribution in [1.82, 2.24) is 10.2 Å². The van der Waals surface area contributed by atoms with Crippen LogP contribution in [0.4, 0.5) is 0 Å². The van der Waals surface area contributed by atoms with Gasteiger partial charge in [0.05, 0.1) is 11.5 Å². The molecule has 0 radical (unpaired) electrons. The van der Waals surface area contributed by atoms with Crippen LogP contribution in [0.15, 0.2) is 0 Å². The fraction of sp³-hybridized carbons (Fsp3) is 0.846. The number of hydrogen-bond acceptors (Lipinski definition) is 3. The zero-order valence-electron chi connectivity index (χ0n) is 11.4. The molecular formula is C13H25N3OS. The molecule has 0 aromatic carbocycles. The van der Waals surface area contributed by atoms with Gasteiger partial charge in [-0.2, -0.15) is 0 Å². The second-order valence-electron chi connectivity index (χ2n) is 5.21. The predicted molar refractivity (Wildman–Crippen MR) is 78.5 cm³/mol. The summed E-state index contributed by atoms with van der Waals surface area (Å²) in [4.78, 5) is 14.6. The van der Waals surface area contributed by atoms with E-state index in [0.717, 1.165) is 38.8 Å². The Morgan fingerprint density at radius 3 is 2.61 bits per heavy atom. The Balaban J connectivity index is 2.24. The second-order valence-corrected chi connectivity index (χ2v) is 5.68. The first-order valence-corrected chi connectivity index (χ1v) is 7.24. The number of nitrogens with two attached hydrogens (primary N) is 1. The van der Waals surface area contributed by atoms with E-state index in [1.165, 1.54) is 0 Å². The molecule has 0 spiro atoms. The molecule has 1 amide bonds. The molecule has 0 saturated carbocycles. The lowest BCUT2D eigenvalue weighted by atomic mass is 9.97. The number of thiocarbonyl (C=S) groups is 1. The minimum absolute atomic E-state index is 0.129. The number of piperidine rings is 1. The molecule has 18 heavy (non-hydrogen) atoms. The molecule has 5 heteroatoms. The maximum Gasteiger partial charge on any atom is 0.234 e. The van der Waals surface area contributed by atoms with Crippen molar-refractivity contribution in [3.05, 3.63) is 0 Å². The highest BCUT2D eigenvalue weighted by Crippen LogP contribution is 2.16. The van der Waals surface area contributed by atoms with E-state index in [1.54, 1.807) is 0 Å². The van der Waals surface area contributed by atoms with E-state index >= 15 is 0 Å². The molecule has 1 heterocycles. The number of rotatable bonds is 6. The summed E-state index contributed by atoms with van der Waals surface area (Å²) < 4.78 is 0. The van der Waals surface area contributed by atoms with Gasteiger partial charge in [-0.3, -0.25) is 9.69 Å². The van der Waals surface area contributed by atoms with Gasteiger partial charge in [0.2, 0.25) is 5.91 Å². The molecule has 0 aliphatic carbocycles. The van der Waals surface area contributed by atoms with Gasteiger partial charge >= 0.3 is 0 Å². The number of nitrogens with one attached hydrogen (secondary N) is 1. The van der Waals surface area contributed by atoms with Gasteiger partial charge in [-0.25, -0.2) is 0 Å². The smallest absolute Gasteiger partial charge is 0.234 e. The Bertz CT molecular complexity index is 288. The zero-order valence-corrected chi connectivity index (χ0v) is 12.3. The van der Waals surface area contributed by atoms with Crippen LogP contribution >= 0.6 is 12.2 Å². The average Bonchev–Trinajstić information content (AvgIpc) is 2.29. The maximum atomic E-state index is 11.8. The standard InChI is InChI=1S/C13H25N3OS/c1-3-4-10(2)15-12(17)9-16-7-5-11(6-8-16)13(14)18/h10-11H,3-9H2,1-2H3,(H2,14,18)(H,15,17). The summed E-state index contributed by atoms with van der Waals surface area (Å²) >= 11 is 5.01. The third-order valence-electron chi connectivity index (χ3n) is 3.49. The quantitative estimate of drug-likeness (QED) is 0.715. The lowest BCUT2D eigenvalue weighted by molar-refractivity contribution is -0.123. The molecule has 1 atom stereocenters. The summed E-state index contributed by atoms with van der Waals surface area (Å²) in [7, 11) is 0. The van der Waals surface area contributed by atoms with Gasteiger partial charge in [-0.15, -0.1) is 0 Å². The van der Waals surface area contributed by atoms with Crippen molar-refractivity contribution in [1.29, 1.82) is 0 Å². The van der Waals surface area contributed by atoms with Gasteiger partial charge < -0.3 is 11.1 Å². The Morgan fingerprint density at radius 2 is 2.11 bits per heavy atom. The van der Waals surface area contributed by atoms with Gasteiger partial charge in [0.1, 0.15) is 0 Å². The Morgan fingerprint density at radius 1 is 1.50 bits per heavy atom. The first-order valence-electron chi connectivity index (χ1n) is 6.84. The van der Waals surface area contributed by atoms with E-state index in [9.17, 15) is 4.79 Å². The van der Waals surface area contributed by atoms with Crippen molar-refractivity contribution < 1.29 is 4.79 Å². The molecule has 3 N–H and O–H groups in total. The number of nitrogens with zero attached hydrogens (tertiary/aromatic N) is 1. The minimum Gasteiger partial charge on any atom is -0.393 e. The molecule has 1 saturated heterocycles. The van der Waals surface area contributed by atoms with Crippen LogP contribution < -0.4 is 11.1 Å². The van der Waals surface area contributed by atoms with Crippen LogP contribution in [0.2, 0.25) is 0 Å². The highest BCUT2D eigenvalue weighted by molar-refractivity contribution is 7.80. The fourth-order valence-electron chi connectivity index (χ4n) is 2.40. The molecule has 1 fully saturated rings. The molecule has 0 aromatic heterocycles. The topological polar surface area (TPSA) is 58.4 Å². The minimum atomic E-state index is 0.129. The average molecular weight is 271 g/mol. The lowest BCUT2D eigenvalue weighted by Gasteiger charge is -2.31. The van der Waals surface area contributed by atoms with Gasteiger partial charge in [0.15, 0.2) is 0 Å². The SMILES string of the molecule is CCCC(C)NC(=O)CN1CCC(C(N)=S)CC1. The third kappa shape index (κ3) is 5.31. The molecule has 1 aliphatic rings. The van der Waals surface area contributed by atoms with E-state index in [1.807, 2.05) is 0 Å². The van der Waals surface area contributed by atoms with Gasteiger partial charge in [0.25, 0.3) is 0 Å². The zero-order chi connectivity index (χ0) is 13.5. The second kappa shape index (κ2) is 7.69. The summed E-state index contributed by atoms with van der Waals surface area (Å²) in [6.45, 7) is 6.51. The van der Waals surface area contributed by atoms with Gasteiger partial charge in [-0.1, -0.05) is 25.6 Å². The van der Waals surface area contributed by atoms with Crippen molar-refractivity contribution in [2.75, 3.05) is 19.6 Å². The summed E-state index contributed by atoms with van der Waals surface area (Å²) in [6, 6.07) is 0.275. The van der Waals surface area contributed by atoms with Crippen LogP contribution in [0.1, 0.15) is 39.5 Å². The Labute approximate surface area is 115 Å². The van der Waals surface area contributed by atoms with E-state index < -0.39 is 0 Å². The van der Waals surface area contributed by atoms with Crippen LogP contribution in [-0.2, 0) is 4.79 Å². The molecule has 104 valence electrons. The summed E-state index contributed by atoms with van der Waals surface area (Å²) in [5, 5.41) is 3.03. The highest BCUT2D eigenvalue weighted by atomic mass is 32.1. The van der Waals surface area contributed by atoms with Crippen molar-refractivity contribution in [2.45, 2.75) is 45.6 Å². The first kappa shape index (κ1) is 15.4. The van der Waals surface area contributed by atoms with Crippen molar-refractivity contribution >= 4 is 23.1 Å². The third-order valence-corrected chi connectivity index (χ3v) is 3.82. The van der Waals surface area contributed by atoms with E-state index in [-0.39, 0.29) is 11.9 Å². The molecule has 0 bridgehead atoms. The number of likely N-dealkylation sites (tertiary alicyclic amines) is 1. The van der Waals surface area contributed by atoms with Crippen LogP contribution in [0.5, 0.6) is 0 Å². The molecule has 1 aliphatic heterocycles. The van der Waals surface area contributed by atoms with Crippen molar-refractivity contribution in [2.24, 2.45) is 11.7 Å². The summed E-state index contributed by atoms with van der Waals surface area (Å²) in [5.74, 6) is 0.489.